The van der Waals surface area contributed by atoms with E-state index in [0.29, 0.717) is 5.69 Å². The molecule has 3 N–H and O–H groups in total. The molecule has 0 aromatic heterocycles. The van der Waals surface area contributed by atoms with Crippen LogP contribution in [0.2, 0.25) is 5.02 Å². The van der Waals surface area contributed by atoms with Crippen LogP contribution in [0.25, 0.3) is 0 Å². The topological polar surface area (TPSA) is 89.3 Å². The maximum atomic E-state index is 12.5. The Morgan fingerprint density at radius 2 is 1.77 bits per heavy atom. The van der Waals surface area contributed by atoms with Gasteiger partial charge in [0.25, 0.3) is 0 Å². The monoisotopic (exact) mass is 338 g/mol. The molecule has 22 heavy (non-hydrogen) atoms. The summed E-state index contributed by atoms with van der Waals surface area (Å²) in [5, 5.41) is 2.67. The van der Waals surface area contributed by atoms with E-state index in [1.165, 1.54) is 37.3 Å². The molecule has 0 bridgehead atoms. The molecule has 0 aliphatic rings. The van der Waals surface area contributed by atoms with Gasteiger partial charge in [0, 0.05) is 0 Å². The highest BCUT2D eigenvalue weighted by molar-refractivity contribution is 7.91. The zero-order valence-electron chi connectivity index (χ0n) is 11.8. The molecule has 1 atom stereocenters. The Morgan fingerprint density at radius 3 is 2.32 bits per heavy atom. The molecule has 0 aliphatic heterocycles. The van der Waals surface area contributed by atoms with E-state index in [2.05, 4.69) is 5.32 Å². The molecule has 0 spiro atoms. The van der Waals surface area contributed by atoms with Gasteiger partial charge in [-0.25, -0.2) is 8.42 Å². The fraction of sp³-hybridized carbons (Fsp3) is 0.133. The summed E-state index contributed by atoms with van der Waals surface area (Å²) in [5.41, 5.74) is 5.77. The molecular weight excluding hydrogens is 324 g/mol. The molecule has 0 saturated heterocycles. The third-order valence-corrected chi connectivity index (χ3v) is 5.06. The maximum Gasteiger partial charge on any atom is 0.241 e. The van der Waals surface area contributed by atoms with Crippen LogP contribution >= 0.6 is 11.6 Å². The normalized spacial score (nSPS) is 12.7. The van der Waals surface area contributed by atoms with Crippen molar-refractivity contribution in [2.45, 2.75) is 22.8 Å². The molecule has 116 valence electrons. The minimum atomic E-state index is -3.64. The van der Waals surface area contributed by atoms with Crippen LogP contribution in [0.1, 0.15) is 6.92 Å². The summed E-state index contributed by atoms with van der Waals surface area (Å²) in [7, 11) is -3.64. The van der Waals surface area contributed by atoms with Gasteiger partial charge in [0.2, 0.25) is 15.7 Å². The molecule has 5 nitrogen and oxygen atoms in total. The van der Waals surface area contributed by atoms with Gasteiger partial charge in [0.15, 0.2) is 0 Å². The number of amides is 1. The number of sulfone groups is 1. The highest BCUT2D eigenvalue weighted by atomic mass is 35.5. The average molecular weight is 339 g/mol. The van der Waals surface area contributed by atoms with Crippen molar-refractivity contribution in [3.05, 3.63) is 53.6 Å². The van der Waals surface area contributed by atoms with Crippen molar-refractivity contribution in [1.82, 2.24) is 0 Å². The Balaban J connectivity index is 2.36. The number of carbonyl (C=O) groups is 1. The van der Waals surface area contributed by atoms with Gasteiger partial charge >= 0.3 is 0 Å². The molecule has 0 heterocycles. The second-order valence-electron chi connectivity index (χ2n) is 4.74. The van der Waals surface area contributed by atoms with Crippen molar-refractivity contribution in [3.63, 3.8) is 0 Å². The number of benzene rings is 2. The predicted octanol–water partition coefficient (Wildman–Crippen LogP) is 2.46. The lowest BCUT2D eigenvalue weighted by molar-refractivity contribution is -0.117. The van der Waals surface area contributed by atoms with Crippen LogP contribution in [0, 0.1) is 0 Å². The summed E-state index contributed by atoms with van der Waals surface area (Å²) in [6.07, 6.45) is 0. The predicted molar refractivity (Wildman–Crippen MR) is 85.6 cm³/mol. The van der Waals surface area contributed by atoms with Crippen molar-refractivity contribution in [3.8, 4) is 0 Å². The van der Waals surface area contributed by atoms with Crippen LogP contribution in [0.3, 0.4) is 0 Å². The fourth-order valence-corrected chi connectivity index (χ4v) is 3.35. The summed E-state index contributed by atoms with van der Waals surface area (Å²) in [6, 6.07) is 11.5. The van der Waals surface area contributed by atoms with Crippen molar-refractivity contribution >= 4 is 33.0 Å². The lowest BCUT2D eigenvalue weighted by Crippen LogP contribution is -2.32. The SMILES string of the molecule is C[C@@H](N)C(=O)Nc1ccc(S(=O)(=O)c2ccccc2)cc1Cl. The van der Waals surface area contributed by atoms with Crippen LogP contribution in [0.15, 0.2) is 58.3 Å². The molecule has 0 aliphatic carbocycles. The van der Waals surface area contributed by atoms with Gasteiger partial charge in [-0.3, -0.25) is 4.79 Å². The molecule has 0 fully saturated rings. The number of nitrogens with one attached hydrogen (secondary N) is 1. The Hall–Kier alpha value is -1.89. The Kier molecular flexibility index (Phi) is 4.85. The van der Waals surface area contributed by atoms with E-state index in [9.17, 15) is 13.2 Å². The number of nitrogens with two attached hydrogens (primary N) is 1. The van der Waals surface area contributed by atoms with Crippen molar-refractivity contribution in [2.24, 2.45) is 5.73 Å². The van der Waals surface area contributed by atoms with Crippen LogP contribution in [-0.4, -0.2) is 20.4 Å². The first-order valence-electron chi connectivity index (χ1n) is 6.48. The quantitative estimate of drug-likeness (QED) is 0.896. The third-order valence-electron chi connectivity index (χ3n) is 2.98. The first-order valence-corrected chi connectivity index (χ1v) is 8.34. The van der Waals surface area contributed by atoms with Crippen molar-refractivity contribution < 1.29 is 13.2 Å². The van der Waals surface area contributed by atoms with E-state index >= 15 is 0 Å². The number of halogens is 1. The molecule has 0 radical (unpaired) electrons. The number of rotatable bonds is 4. The molecule has 2 rings (SSSR count). The summed E-state index contributed by atoms with van der Waals surface area (Å²) in [6.45, 7) is 1.54. The van der Waals surface area contributed by atoms with E-state index in [4.69, 9.17) is 17.3 Å². The van der Waals surface area contributed by atoms with E-state index in [-0.39, 0.29) is 14.8 Å². The Labute approximate surface area is 134 Å². The smallest absolute Gasteiger partial charge is 0.241 e. The summed E-state index contributed by atoms with van der Waals surface area (Å²) in [5.74, 6) is -0.402. The zero-order chi connectivity index (χ0) is 16.3. The highest BCUT2D eigenvalue weighted by Gasteiger charge is 2.19. The Morgan fingerprint density at radius 1 is 1.14 bits per heavy atom. The lowest BCUT2D eigenvalue weighted by atomic mass is 10.3. The lowest BCUT2D eigenvalue weighted by Gasteiger charge is -2.11. The molecule has 0 unspecified atom stereocenters. The van der Waals surface area contributed by atoms with Gasteiger partial charge in [-0.2, -0.15) is 0 Å². The minimum Gasteiger partial charge on any atom is -0.323 e. The molecule has 2 aromatic carbocycles. The van der Waals surface area contributed by atoms with Crippen LogP contribution in [0.5, 0.6) is 0 Å². The largest absolute Gasteiger partial charge is 0.323 e. The number of hydrogen-bond acceptors (Lipinski definition) is 4. The van der Waals surface area contributed by atoms with E-state index in [1.807, 2.05) is 0 Å². The van der Waals surface area contributed by atoms with Gasteiger partial charge in [0.1, 0.15) is 0 Å². The summed E-state index contributed by atoms with van der Waals surface area (Å²) >= 11 is 6.05. The maximum absolute atomic E-state index is 12.5. The second kappa shape index (κ2) is 6.48. The summed E-state index contributed by atoms with van der Waals surface area (Å²) in [4.78, 5) is 11.8. The minimum absolute atomic E-state index is 0.0579. The Bertz CT molecular complexity index is 790. The number of carbonyl (C=O) groups excluding carboxylic acids is 1. The fourth-order valence-electron chi connectivity index (χ4n) is 1.75. The molecule has 7 heteroatoms. The first-order chi connectivity index (χ1) is 10.3. The highest BCUT2D eigenvalue weighted by Crippen LogP contribution is 2.28. The van der Waals surface area contributed by atoms with Gasteiger partial charge in [-0.05, 0) is 37.3 Å². The van der Waals surface area contributed by atoms with Crippen LogP contribution < -0.4 is 11.1 Å². The third kappa shape index (κ3) is 3.47. The van der Waals surface area contributed by atoms with Gasteiger partial charge in [-0.15, -0.1) is 0 Å². The van der Waals surface area contributed by atoms with Gasteiger partial charge in [0.05, 0.1) is 26.5 Å². The summed E-state index contributed by atoms with van der Waals surface area (Å²) < 4.78 is 24.9. The van der Waals surface area contributed by atoms with Crippen LogP contribution in [-0.2, 0) is 14.6 Å². The van der Waals surface area contributed by atoms with Crippen molar-refractivity contribution in [2.75, 3.05) is 5.32 Å². The molecule has 1 amide bonds. The standard InChI is InChI=1S/C15H15ClN2O3S/c1-10(17)15(19)18-14-8-7-12(9-13(14)16)22(20,21)11-5-3-2-4-6-11/h2-10H,17H2,1H3,(H,18,19)/t10-/m1/s1. The zero-order valence-corrected chi connectivity index (χ0v) is 13.4. The number of hydrogen-bond donors (Lipinski definition) is 2. The van der Waals surface area contributed by atoms with E-state index < -0.39 is 21.8 Å². The number of anilines is 1. The average Bonchev–Trinajstić information content (AvgIpc) is 2.49. The second-order valence-corrected chi connectivity index (χ2v) is 7.09. The first kappa shape index (κ1) is 16.5. The van der Waals surface area contributed by atoms with Crippen molar-refractivity contribution in [1.29, 1.82) is 0 Å². The van der Waals surface area contributed by atoms with Gasteiger partial charge < -0.3 is 11.1 Å². The van der Waals surface area contributed by atoms with E-state index in [1.54, 1.807) is 18.2 Å². The molecule has 2 aromatic rings. The van der Waals surface area contributed by atoms with Crippen LogP contribution in [0.4, 0.5) is 5.69 Å². The van der Waals surface area contributed by atoms with Gasteiger partial charge in [-0.1, -0.05) is 29.8 Å². The molecule has 0 saturated carbocycles. The van der Waals surface area contributed by atoms with E-state index in [0.717, 1.165) is 0 Å². The molecular formula is C15H15ClN2O3S.